The summed E-state index contributed by atoms with van der Waals surface area (Å²) >= 11 is 0. The van der Waals surface area contributed by atoms with Crippen LogP contribution in [-0.2, 0) is 20.5 Å². The summed E-state index contributed by atoms with van der Waals surface area (Å²) in [6.45, 7) is 17.0. The number of benzene rings is 1. The molecule has 0 radical (unpaired) electrons. The summed E-state index contributed by atoms with van der Waals surface area (Å²) in [6, 6.07) is 10.3. The molecule has 0 spiro atoms. The van der Waals surface area contributed by atoms with E-state index in [1.165, 1.54) is 5.56 Å². The van der Waals surface area contributed by atoms with E-state index in [0.717, 1.165) is 6.61 Å². The fourth-order valence-electron chi connectivity index (χ4n) is 2.55. The monoisotopic (exact) mass is 336 g/mol. The summed E-state index contributed by atoms with van der Waals surface area (Å²) < 4.78 is 18.5. The second kappa shape index (κ2) is 6.67. The van der Waals surface area contributed by atoms with Crippen molar-refractivity contribution in [2.24, 2.45) is 0 Å². The maximum Gasteiger partial charge on any atom is 0.192 e. The van der Waals surface area contributed by atoms with Gasteiger partial charge in [0.15, 0.2) is 8.32 Å². The smallest absolute Gasteiger partial charge is 0.192 e. The van der Waals surface area contributed by atoms with E-state index in [4.69, 9.17) is 13.9 Å². The van der Waals surface area contributed by atoms with Gasteiger partial charge in [-0.05, 0) is 37.5 Å². The van der Waals surface area contributed by atoms with Gasteiger partial charge in [0.25, 0.3) is 0 Å². The van der Waals surface area contributed by atoms with E-state index in [0.29, 0.717) is 6.61 Å². The summed E-state index contributed by atoms with van der Waals surface area (Å²) in [5.74, 6) is 0. The standard InChI is InChI=1S/C19H32O3Si/c1-15(22-23(6,7)18(2,3)4)17(19(5)14-21-19)20-13-16-11-9-8-10-12-16/h8-12,15,17H,13-14H2,1-7H3/t15-,17-,19?/m0/s1. The predicted octanol–water partition coefficient (Wildman–Crippen LogP) is 4.77. The zero-order chi connectivity index (χ0) is 17.3. The molecule has 3 nitrogen and oxygen atoms in total. The predicted molar refractivity (Wildman–Crippen MR) is 97.1 cm³/mol. The average molecular weight is 337 g/mol. The van der Waals surface area contributed by atoms with Crippen LogP contribution in [0.4, 0.5) is 0 Å². The molecule has 1 fully saturated rings. The molecule has 0 amide bonds. The van der Waals surface area contributed by atoms with Crippen molar-refractivity contribution in [3.8, 4) is 0 Å². The van der Waals surface area contributed by atoms with Crippen molar-refractivity contribution in [3.05, 3.63) is 35.9 Å². The third-order valence-electron chi connectivity index (χ3n) is 5.19. The molecule has 1 aromatic carbocycles. The molecule has 130 valence electrons. The van der Waals surface area contributed by atoms with Crippen molar-refractivity contribution < 1.29 is 13.9 Å². The molecular weight excluding hydrogens is 304 g/mol. The minimum Gasteiger partial charge on any atom is -0.411 e. The van der Waals surface area contributed by atoms with Crippen molar-refractivity contribution in [1.29, 1.82) is 0 Å². The Morgan fingerprint density at radius 3 is 2.26 bits per heavy atom. The molecule has 1 unspecified atom stereocenters. The van der Waals surface area contributed by atoms with Crippen molar-refractivity contribution in [2.75, 3.05) is 6.61 Å². The highest BCUT2D eigenvalue weighted by Gasteiger charge is 2.52. The minimum absolute atomic E-state index is 0.0205. The van der Waals surface area contributed by atoms with Gasteiger partial charge in [-0.2, -0.15) is 0 Å². The molecule has 0 aromatic heterocycles. The highest BCUT2D eigenvalue weighted by Crippen LogP contribution is 2.41. The zero-order valence-corrected chi connectivity index (χ0v) is 16.7. The van der Waals surface area contributed by atoms with E-state index >= 15 is 0 Å². The molecule has 0 N–H and O–H groups in total. The molecule has 1 heterocycles. The lowest BCUT2D eigenvalue weighted by molar-refractivity contribution is -0.0703. The Hall–Kier alpha value is -0.683. The quantitative estimate of drug-likeness (QED) is 0.531. The van der Waals surface area contributed by atoms with E-state index in [-0.39, 0.29) is 22.8 Å². The molecule has 0 aliphatic carbocycles. The van der Waals surface area contributed by atoms with Crippen LogP contribution in [0.3, 0.4) is 0 Å². The normalized spacial score (nSPS) is 24.3. The second-order valence-electron chi connectivity index (χ2n) is 8.40. The maximum absolute atomic E-state index is 6.55. The van der Waals surface area contributed by atoms with Crippen molar-refractivity contribution >= 4 is 8.32 Å². The van der Waals surface area contributed by atoms with Crippen LogP contribution in [0.25, 0.3) is 0 Å². The molecule has 0 bridgehead atoms. The largest absolute Gasteiger partial charge is 0.411 e. The SMILES string of the molecule is C[C@H](O[Si](C)(C)C(C)(C)C)[C@H](OCc1ccccc1)C1(C)CO1. The topological polar surface area (TPSA) is 31.0 Å². The third kappa shape index (κ3) is 4.66. The lowest BCUT2D eigenvalue weighted by Crippen LogP contribution is -2.50. The van der Waals surface area contributed by atoms with Gasteiger partial charge >= 0.3 is 0 Å². The van der Waals surface area contributed by atoms with Crippen LogP contribution < -0.4 is 0 Å². The first-order valence-electron chi connectivity index (χ1n) is 8.52. The van der Waals surface area contributed by atoms with E-state index in [2.05, 4.69) is 59.8 Å². The Bertz CT molecular complexity index is 503. The Kier molecular flexibility index (Phi) is 5.41. The van der Waals surface area contributed by atoms with Crippen LogP contribution in [0.1, 0.15) is 40.2 Å². The van der Waals surface area contributed by atoms with Gasteiger partial charge in [-0.1, -0.05) is 51.1 Å². The first kappa shape index (κ1) is 18.7. The minimum atomic E-state index is -1.83. The van der Waals surface area contributed by atoms with Crippen LogP contribution >= 0.6 is 0 Å². The van der Waals surface area contributed by atoms with Crippen molar-refractivity contribution in [2.45, 2.75) is 77.2 Å². The number of ether oxygens (including phenoxy) is 2. The Labute approximate surface area is 142 Å². The molecule has 1 saturated heterocycles. The molecule has 2 rings (SSSR count). The van der Waals surface area contributed by atoms with Crippen molar-refractivity contribution in [1.82, 2.24) is 0 Å². The molecule has 4 heteroatoms. The average Bonchev–Trinajstić information content (AvgIpc) is 3.17. The lowest BCUT2D eigenvalue weighted by atomic mass is 10.0. The molecule has 3 atom stereocenters. The van der Waals surface area contributed by atoms with Crippen molar-refractivity contribution in [3.63, 3.8) is 0 Å². The second-order valence-corrected chi connectivity index (χ2v) is 13.2. The Balaban J connectivity index is 2.04. The summed E-state index contributed by atoms with van der Waals surface area (Å²) in [5, 5.41) is 0.191. The van der Waals surface area contributed by atoms with Crippen LogP contribution in [0.2, 0.25) is 18.1 Å². The molecule has 1 aliphatic rings. The van der Waals surface area contributed by atoms with E-state index < -0.39 is 8.32 Å². The third-order valence-corrected chi connectivity index (χ3v) is 9.76. The summed E-state index contributed by atoms with van der Waals surface area (Å²) in [5.41, 5.74) is 0.970. The first-order chi connectivity index (χ1) is 10.6. The molecule has 0 saturated carbocycles. The van der Waals surface area contributed by atoms with Gasteiger partial charge in [-0.3, -0.25) is 0 Å². The fraction of sp³-hybridized carbons (Fsp3) is 0.684. The zero-order valence-electron chi connectivity index (χ0n) is 15.7. The van der Waals surface area contributed by atoms with Crippen LogP contribution in [0.5, 0.6) is 0 Å². The van der Waals surface area contributed by atoms with Gasteiger partial charge in [0.05, 0.1) is 19.3 Å². The number of rotatable bonds is 7. The van der Waals surface area contributed by atoms with Gasteiger partial charge in [-0.15, -0.1) is 0 Å². The van der Waals surface area contributed by atoms with Crippen LogP contribution in [0.15, 0.2) is 30.3 Å². The van der Waals surface area contributed by atoms with Gasteiger partial charge in [0.2, 0.25) is 0 Å². The summed E-state index contributed by atoms with van der Waals surface area (Å²) in [7, 11) is -1.83. The van der Waals surface area contributed by atoms with E-state index in [1.807, 2.05) is 18.2 Å². The molecule has 1 aromatic rings. The maximum atomic E-state index is 6.55. The molecule has 23 heavy (non-hydrogen) atoms. The molecular formula is C19H32O3Si. The van der Waals surface area contributed by atoms with Gasteiger partial charge in [0.1, 0.15) is 11.7 Å². The Morgan fingerprint density at radius 2 is 1.78 bits per heavy atom. The lowest BCUT2D eigenvalue weighted by Gasteiger charge is -2.41. The van der Waals surface area contributed by atoms with Crippen LogP contribution in [0, 0.1) is 0 Å². The number of epoxide rings is 1. The highest BCUT2D eigenvalue weighted by molar-refractivity contribution is 6.74. The molecule has 1 aliphatic heterocycles. The van der Waals surface area contributed by atoms with E-state index in [1.54, 1.807) is 0 Å². The summed E-state index contributed by atoms with van der Waals surface area (Å²) in [4.78, 5) is 0. The van der Waals surface area contributed by atoms with Gasteiger partial charge in [-0.25, -0.2) is 0 Å². The van der Waals surface area contributed by atoms with Gasteiger partial charge < -0.3 is 13.9 Å². The van der Waals surface area contributed by atoms with Crippen LogP contribution in [-0.4, -0.2) is 32.7 Å². The Morgan fingerprint density at radius 1 is 1.22 bits per heavy atom. The van der Waals surface area contributed by atoms with E-state index in [9.17, 15) is 0 Å². The highest BCUT2D eigenvalue weighted by atomic mass is 28.4. The fourth-order valence-corrected chi connectivity index (χ4v) is 3.96. The summed E-state index contributed by atoms with van der Waals surface area (Å²) in [6.07, 6.45) is -0.0241. The number of hydrogen-bond acceptors (Lipinski definition) is 3. The number of hydrogen-bond donors (Lipinski definition) is 0. The first-order valence-corrected chi connectivity index (χ1v) is 11.4. The van der Waals surface area contributed by atoms with Gasteiger partial charge in [0, 0.05) is 0 Å².